The maximum absolute atomic E-state index is 9.61. The van der Waals surface area contributed by atoms with Crippen molar-refractivity contribution in [2.45, 2.75) is 30.6 Å². The van der Waals surface area contributed by atoms with Gasteiger partial charge in [0.2, 0.25) is 0 Å². The first kappa shape index (κ1) is 13.9. The van der Waals surface area contributed by atoms with Gasteiger partial charge in [-0.3, -0.25) is 5.14 Å². The largest absolute Gasteiger partial charge is 0.393 e. The highest BCUT2D eigenvalue weighted by molar-refractivity contribution is 7.99. The topological polar surface area (TPSA) is 66.5 Å². The van der Waals surface area contributed by atoms with Crippen LogP contribution in [0.1, 0.15) is 25.6 Å². The Kier molecular flexibility index (Phi) is 6.39. The molecular weight excluding hydrogens is 218 g/mol. The van der Waals surface area contributed by atoms with E-state index in [1.54, 1.807) is 13.0 Å². The molecule has 0 bridgehead atoms. The molecule has 1 heterocycles. The molecule has 82 valence electrons. The first-order valence-corrected chi connectivity index (χ1v) is 6.10. The Labute approximate surface area is 93.1 Å². The Morgan fingerprint density at radius 1 is 1.50 bits per heavy atom. The van der Waals surface area contributed by atoms with Crippen LogP contribution in [0.2, 0.25) is 0 Å². The minimum absolute atomic E-state index is 0.276. The Morgan fingerprint density at radius 3 is 2.43 bits per heavy atom. The van der Waals surface area contributed by atoms with Crippen LogP contribution in [0, 0.1) is 0 Å². The third kappa shape index (κ3) is 3.59. The van der Waals surface area contributed by atoms with E-state index < -0.39 is 5.60 Å². The van der Waals surface area contributed by atoms with Crippen LogP contribution < -0.4 is 5.14 Å². The fraction of sp³-hybridized carbons (Fsp3) is 0.556. The van der Waals surface area contributed by atoms with Gasteiger partial charge in [-0.05, 0) is 31.0 Å². The number of aliphatic hydroxyl groups is 2. The number of thiophene rings is 1. The van der Waals surface area contributed by atoms with Crippen molar-refractivity contribution < 1.29 is 10.2 Å². The zero-order chi connectivity index (χ0) is 11.2. The Morgan fingerprint density at radius 2 is 2.07 bits per heavy atom. The molecule has 1 rings (SSSR count). The van der Waals surface area contributed by atoms with Crippen molar-refractivity contribution in [3.63, 3.8) is 0 Å². The second-order valence-corrected chi connectivity index (χ2v) is 4.69. The Balaban J connectivity index is 0.000000791. The van der Waals surface area contributed by atoms with Crippen molar-refractivity contribution in [2.75, 3.05) is 6.61 Å². The van der Waals surface area contributed by atoms with Gasteiger partial charge in [0.25, 0.3) is 0 Å². The molecular formula is C9H17NO2S2. The molecule has 0 saturated carbocycles. The maximum Gasteiger partial charge on any atom is 0.119 e. The van der Waals surface area contributed by atoms with Gasteiger partial charge in [-0.1, -0.05) is 13.8 Å². The average molecular weight is 235 g/mol. The predicted molar refractivity (Wildman–Crippen MR) is 62.4 cm³/mol. The lowest BCUT2D eigenvalue weighted by atomic mass is 10.1. The van der Waals surface area contributed by atoms with E-state index >= 15 is 0 Å². The van der Waals surface area contributed by atoms with Crippen molar-refractivity contribution in [1.82, 2.24) is 0 Å². The third-order valence-corrected chi connectivity index (χ3v) is 3.58. The molecule has 1 aromatic rings. The molecule has 0 amide bonds. The summed E-state index contributed by atoms with van der Waals surface area (Å²) in [6.07, 6.45) is 0. The summed E-state index contributed by atoms with van der Waals surface area (Å²) in [5, 5.41) is 23.8. The highest BCUT2D eigenvalue weighted by Gasteiger charge is 2.23. The lowest BCUT2D eigenvalue weighted by molar-refractivity contribution is 0.000792. The molecule has 0 spiro atoms. The summed E-state index contributed by atoms with van der Waals surface area (Å²) < 4.78 is 0.929. The van der Waals surface area contributed by atoms with E-state index in [9.17, 15) is 5.11 Å². The SMILES string of the molecule is CC.CC(O)(CO)c1ccc(SN)s1. The number of hydrogen-bond acceptors (Lipinski definition) is 5. The molecule has 1 atom stereocenters. The molecule has 0 saturated heterocycles. The summed E-state index contributed by atoms with van der Waals surface area (Å²) in [5.41, 5.74) is -1.14. The van der Waals surface area contributed by atoms with Crippen LogP contribution in [0.25, 0.3) is 0 Å². The van der Waals surface area contributed by atoms with Gasteiger partial charge in [0, 0.05) is 4.88 Å². The molecule has 14 heavy (non-hydrogen) atoms. The summed E-state index contributed by atoms with van der Waals surface area (Å²) in [6.45, 7) is 5.30. The van der Waals surface area contributed by atoms with Crippen LogP contribution in [0.15, 0.2) is 16.3 Å². The summed E-state index contributed by atoms with van der Waals surface area (Å²) >= 11 is 2.53. The molecule has 0 aliphatic rings. The van der Waals surface area contributed by atoms with E-state index in [0.29, 0.717) is 0 Å². The second kappa shape index (κ2) is 6.42. The van der Waals surface area contributed by atoms with Gasteiger partial charge in [0.15, 0.2) is 0 Å². The fourth-order valence-electron chi connectivity index (χ4n) is 0.751. The third-order valence-electron chi connectivity index (χ3n) is 1.54. The van der Waals surface area contributed by atoms with Crippen LogP contribution >= 0.6 is 23.3 Å². The molecule has 0 aliphatic carbocycles. The van der Waals surface area contributed by atoms with Crippen molar-refractivity contribution in [3.05, 3.63) is 17.0 Å². The molecule has 5 heteroatoms. The molecule has 0 aromatic carbocycles. The van der Waals surface area contributed by atoms with Gasteiger partial charge < -0.3 is 10.2 Å². The summed E-state index contributed by atoms with van der Waals surface area (Å²) in [6, 6.07) is 3.60. The monoisotopic (exact) mass is 235 g/mol. The van der Waals surface area contributed by atoms with Crippen LogP contribution in [0.4, 0.5) is 0 Å². The molecule has 0 aliphatic heterocycles. The summed E-state index contributed by atoms with van der Waals surface area (Å²) in [4.78, 5) is 0.734. The van der Waals surface area contributed by atoms with E-state index in [1.165, 1.54) is 11.3 Å². The second-order valence-electron chi connectivity index (χ2n) is 2.67. The van der Waals surface area contributed by atoms with Crippen molar-refractivity contribution in [3.8, 4) is 0 Å². The number of aliphatic hydroxyl groups excluding tert-OH is 1. The van der Waals surface area contributed by atoms with Gasteiger partial charge in [0.1, 0.15) is 5.60 Å². The molecule has 0 radical (unpaired) electrons. The highest BCUT2D eigenvalue weighted by atomic mass is 32.2. The number of rotatable bonds is 3. The standard InChI is InChI=1S/C7H11NO2S2.C2H6/c1-7(10,4-9)5-2-3-6(11-5)12-8;1-2/h2-3,9-10H,4,8H2,1H3;1-2H3. The van der Waals surface area contributed by atoms with Crippen LogP contribution in [0.5, 0.6) is 0 Å². The van der Waals surface area contributed by atoms with Crippen molar-refractivity contribution >= 4 is 23.3 Å². The van der Waals surface area contributed by atoms with Crippen molar-refractivity contribution in [2.24, 2.45) is 5.14 Å². The van der Waals surface area contributed by atoms with Crippen LogP contribution in [-0.4, -0.2) is 16.8 Å². The fourth-order valence-corrected chi connectivity index (χ4v) is 2.13. The van der Waals surface area contributed by atoms with E-state index in [4.69, 9.17) is 10.2 Å². The first-order valence-electron chi connectivity index (χ1n) is 4.40. The molecule has 1 unspecified atom stereocenters. The molecule has 4 N–H and O–H groups in total. The minimum atomic E-state index is -1.14. The van der Waals surface area contributed by atoms with Crippen LogP contribution in [0.3, 0.4) is 0 Å². The van der Waals surface area contributed by atoms with Crippen molar-refractivity contribution in [1.29, 1.82) is 0 Å². The number of nitrogens with two attached hydrogens (primary N) is 1. The average Bonchev–Trinajstić information content (AvgIpc) is 2.70. The molecule has 0 fully saturated rings. The van der Waals surface area contributed by atoms with Gasteiger partial charge in [-0.2, -0.15) is 0 Å². The zero-order valence-electron chi connectivity index (χ0n) is 8.65. The van der Waals surface area contributed by atoms with E-state index in [0.717, 1.165) is 21.0 Å². The van der Waals surface area contributed by atoms with Gasteiger partial charge in [0.05, 0.1) is 10.8 Å². The normalized spacial score (nSPS) is 14.1. The van der Waals surface area contributed by atoms with Gasteiger partial charge in [-0.15, -0.1) is 11.3 Å². The first-order chi connectivity index (χ1) is 6.60. The van der Waals surface area contributed by atoms with E-state index in [2.05, 4.69) is 0 Å². The summed E-state index contributed by atoms with van der Waals surface area (Å²) in [7, 11) is 0. The van der Waals surface area contributed by atoms with Gasteiger partial charge >= 0.3 is 0 Å². The van der Waals surface area contributed by atoms with Crippen LogP contribution in [-0.2, 0) is 5.60 Å². The zero-order valence-corrected chi connectivity index (χ0v) is 10.3. The maximum atomic E-state index is 9.61. The Hall–Kier alpha value is -0.0700. The molecule has 1 aromatic heterocycles. The smallest absolute Gasteiger partial charge is 0.119 e. The summed E-state index contributed by atoms with van der Waals surface area (Å²) in [5.74, 6) is 0. The minimum Gasteiger partial charge on any atom is -0.393 e. The van der Waals surface area contributed by atoms with E-state index in [-0.39, 0.29) is 6.61 Å². The lowest BCUT2D eigenvalue weighted by Gasteiger charge is -2.17. The predicted octanol–water partition coefficient (Wildman–Crippen LogP) is 1.94. The van der Waals surface area contributed by atoms with Gasteiger partial charge in [-0.25, -0.2) is 0 Å². The quantitative estimate of drug-likeness (QED) is 0.700. The number of hydrogen-bond donors (Lipinski definition) is 3. The Bertz CT molecular complexity index is 261. The van der Waals surface area contributed by atoms with E-state index in [1.807, 2.05) is 19.9 Å². The molecule has 3 nitrogen and oxygen atoms in total. The highest BCUT2D eigenvalue weighted by Crippen LogP contribution is 2.31. The lowest BCUT2D eigenvalue weighted by Crippen LogP contribution is -2.24.